The third-order valence-corrected chi connectivity index (χ3v) is 4.16. The smallest absolute Gasteiger partial charge is 0.278 e. The van der Waals surface area contributed by atoms with Gasteiger partial charge in [-0.1, -0.05) is 43.2 Å². The van der Waals surface area contributed by atoms with E-state index in [1.54, 1.807) is 0 Å². The van der Waals surface area contributed by atoms with E-state index in [4.69, 9.17) is 0 Å². The molecule has 3 nitrogen and oxygen atoms in total. The summed E-state index contributed by atoms with van der Waals surface area (Å²) < 4.78 is 0. The fourth-order valence-electron chi connectivity index (χ4n) is 2.69. The Bertz CT molecular complexity index is 398. The molecule has 104 valence electrons. The van der Waals surface area contributed by atoms with Crippen LogP contribution < -0.4 is 10.2 Å². The monoisotopic (exact) mass is 261 g/mol. The second-order valence-electron chi connectivity index (χ2n) is 5.72. The average Bonchev–Trinajstić information content (AvgIpc) is 2.91. The average molecular weight is 261 g/mol. The summed E-state index contributed by atoms with van der Waals surface area (Å²) in [5.74, 6) is 0.195. The third kappa shape index (κ3) is 4.06. The Morgan fingerprint density at radius 3 is 2.58 bits per heavy atom. The number of nitrogens with one attached hydrogen (secondary N) is 2. The van der Waals surface area contributed by atoms with Crippen molar-refractivity contribution < 1.29 is 9.69 Å². The lowest BCUT2D eigenvalue weighted by Gasteiger charge is -2.23. The Balaban J connectivity index is 1.83. The van der Waals surface area contributed by atoms with Crippen molar-refractivity contribution >= 4 is 5.91 Å². The molecule has 0 spiro atoms. The van der Waals surface area contributed by atoms with E-state index in [1.165, 1.54) is 23.3 Å². The molecule has 0 bridgehead atoms. The zero-order valence-electron chi connectivity index (χ0n) is 12.0. The molecule has 1 saturated carbocycles. The van der Waals surface area contributed by atoms with Crippen molar-refractivity contribution in [1.29, 1.82) is 0 Å². The first-order valence-corrected chi connectivity index (χ1v) is 7.33. The Labute approximate surface area is 116 Å². The predicted octanol–water partition coefficient (Wildman–Crippen LogP) is 1.15. The Kier molecular flexibility index (Phi) is 4.97. The molecule has 1 fully saturated rings. The molecule has 1 aromatic rings. The van der Waals surface area contributed by atoms with Crippen LogP contribution in [0.3, 0.4) is 0 Å². The largest absolute Gasteiger partial charge is 0.348 e. The van der Waals surface area contributed by atoms with Gasteiger partial charge in [0.2, 0.25) is 0 Å². The SMILES string of the molecule is C[C@H](C(=O)NC1CCCC1)[NH+](C)Cc1ccccc1. The summed E-state index contributed by atoms with van der Waals surface area (Å²) in [7, 11) is 2.09. The van der Waals surface area contributed by atoms with E-state index in [9.17, 15) is 4.79 Å². The van der Waals surface area contributed by atoms with Crippen LogP contribution in [0.1, 0.15) is 38.2 Å². The molecular weight excluding hydrogens is 236 g/mol. The molecule has 1 aliphatic rings. The summed E-state index contributed by atoms with van der Waals surface area (Å²) in [6, 6.07) is 10.8. The summed E-state index contributed by atoms with van der Waals surface area (Å²) >= 11 is 0. The number of carbonyl (C=O) groups excluding carboxylic acids is 1. The number of quaternary nitrogens is 1. The van der Waals surface area contributed by atoms with Crippen molar-refractivity contribution in [2.75, 3.05) is 7.05 Å². The van der Waals surface area contributed by atoms with Crippen molar-refractivity contribution in [2.45, 2.75) is 51.2 Å². The topological polar surface area (TPSA) is 33.5 Å². The van der Waals surface area contributed by atoms with E-state index in [2.05, 4.69) is 24.5 Å². The van der Waals surface area contributed by atoms with E-state index < -0.39 is 0 Å². The number of rotatable bonds is 5. The van der Waals surface area contributed by atoms with Crippen LogP contribution in [0.25, 0.3) is 0 Å². The van der Waals surface area contributed by atoms with Crippen molar-refractivity contribution in [3.05, 3.63) is 35.9 Å². The van der Waals surface area contributed by atoms with Crippen LogP contribution >= 0.6 is 0 Å². The molecule has 0 aliphatic heterocycles. The van der Waals surface area contributed by atoms with Gasteiger partial charge in [0.05, 0.1) is 7.05 Å². The Hall–Kier alpha value is -1.35. The molecule has 0 radical (unpaired) electrons. The first kappa shape index (κ1) is 14.1. The highest BCUT2D eigenvalue weighted by Crippen LogP contribution is 2.17. The van der Waals surface area contributed by atoms with Crippen LogP contribution in [0.2, 0.25) is 0 Å². The second kappa shape index (κ2) is 6.71. The van der Waals surface area contributed by atoms with Gasteiger partial charge in [0.25, 0.3) is 5.91 Å². The first-order chi connectivity index (χ1) is 9.16. The Morgan fingerprint density at radius 2 is 1.95 bits per heavy atom. The molecule has 3 heteroatoms. The van der Waals surface area contributed by atoms with Crippen molar-refractivity contribution in [3.63, 3.8) is 0 Å². The molecule has 2 rings (SSSR count). The number of benzene rings is 1. The summed E-state index contributed by atoms with van der Waals surface area (Å²) in [6.07, 6.45) is 4.81. The minimum Gasteiger partial charge on any atom is -0.348 e. The molecule has 0 heterocycles. The minimum atomic E-state index is 0.000746. The molecule has 2 atom stereocenters. The second-order valence-corrected chi connectivity index (χ2v) is 5.72. The number of hydrogen-bond acceptors (Lipinski definition) is 1. The van der Waals surface area contributed by atoms with Crippen LogP contribution in [0.5, 0.6) is 0 Å². The van der Waals surface area contributed by atoms with E-state index in [1.807, 2.05) is 25.1 Å². The van der Waals surface area contributed by atoms with Gasteiger partial charge in [0.15, 0.2) is 6.04 Å². The number of amides is 1. The van der Waals surface area contributed by atoms with Crippen LogP contribution in [0.15, 0.2) is 30.3 Å². The maximum Gasteiger partial charge on any atom is 0.278 e. The summed E-state index contributed by atoms with van der Waals surface area (Å²) in [6.45, 7) is 2.91. The van der Waals surface area contributed by atoms with E-state index in [0.717, 1.165) is 19.4 Å². The zero-order valence-corrected chi connectivity index (χ0v) is 12.0. The molecule has 1 aliphatic carbocycles. The summed E-state index contributed by atoms with van der Waals surface area (Å²) in [4.78, 5) is 13.4. The molecule has 1 unspecified atom stereocenters. The number of likely N-dealkylation sites (N-methyl/N-ethyl adjacent to an activating group) is 1. The summed E-state index contributed by atoms with van der Waals surface area (Å²) in [5, 5.41) is 3.19. The molecule has 2 N–H and O–H groups in total. The Morgan fingerprint density at radius 1 is 1.32 bits per heavy atom. The minimum absolute atomic E-state index is 0.000746. The fourth-order valence-corrected chi connectivity index (χ4v) is 2.69. The van der Waals surface area contributed by atoms with Gasteiger partial charge in [0, 0.05) is 11.6 Å². The van der Waals surface area contributed by atoms with Crippen molar-refractivity contribution in [3.8, 4) is 0 Å². The van der Waals surface area contributed by atoms with E-state index in [0.29, 0.717) is 6.04 Å². The zero-order chi connectivity index (χ0) is 13.7. The van der Waals surface area contributed by atoms with Gasteiger partial charge in [0.1, 0.15) is 6.54 Å². The standard InChI is InChI=1S/C16H24N2O/c1-13(16(19)17-15-10-6-7-11-15)18(2)12-14-8-4-3-5-9-14/h3-5,8-9,13,15H,6-7,10-12H2,1-2H3,(H,17,19)/p+1/t13-/m1/s1. The van der Waals surface area contributed by atoms with Crippen molar-refractivity contribution in [1.82, 2.24) is 5.32 Å². The van der Waals surface area contributed by atoms with Gasteiger partial charge < -0.3 is 10.2 Å². The lowest BCUT2D eigenvalue weighted by molar-refractivity contribution is -0.908. The highest BCUT2D eigenvalue weighted by molar-refractivity contribution is 5.80. The first-order valence-electron chi connectivity index (χ1n) is 7.33. The maximum atomic E-state index is 12.2. The highest BCUT2D eigenvalue weighted by Gasteiger charge is 2.25. The molecule has 1 aromatic carbocycles. The lowest BCUT2D eigenvalue weighted by Crippen LogP contribution is -3.12. The third-order valence-electron chi connectivity index (χ3n) is 4.16. The van der Waals surface area contributed by atoms with Crippen LogP contribution in [-0.4, -0.2) is 25.0 Å². The van der Waals surface area contributed by atoms with Gasteiger partial charge in [-0.25, -0.2) is 0 Å². The molecule has 0 saturated heterocycles. The van der Waals surface area contributed by atoms with Crippen LogP contribution in [0, 0.1) is 0 Å². The summed E-state index contributed by atoms with van der Waals surface area (Å²) in [5.41, 5.74) is 1.28. The maximum absolute atomic E-state index is 12.2. The number of hydrogen-bond donors (Lipinski definition) is 2. The predicted molar refractivity (Wildman–Crippen MR) is 76.9 cm³/mol. The van der Waals surface area contributed by atoms with E-state index >= 15 is 0 Å². The van der Waals surface area contributed by atoms with Crippen LogP contribution in [0.4, 0.5) is 0 Å². The highest BCUT2D eigenvalue weighted by atomic mass is 16.2. The van der Waals surface area contributed by atoms with Gasteiger partial charge in [-0.15, -0.1) is 0 Å². The molecular formula is C16H25N2O+. The van der Waals surface area contributed by atoms with Gasteiger partial charge in [-0.3, -0.25) is 4.79 Å². The quantitative estimate of drug-likeness (QED) is 0.819. The van der Waals surface area contributed by atoms with Gasteiger partial charge >= 0.3 is 0 Å². The lowest BCUT2D eigenvalue weighted by atomic mass is 10.1. The van der Waals surface area contributed by atoms with Gasteiger partial charge in [-0.2, -0.15) is 0 Å². The molecule has 1 amide bonds. The van der Waals surface area contributed by atoms with Gasteiger partial charge in [-0.05, 0) is 19.8 Å². The van der Waals surface area contributed by atoms with Crippen LogP contribution in [-0.2, 0) is 11.3 Å². The normalized spacial score (nSPS) is 19.1. The fraction of sp³-hybridized carbons (Fsp3) is 0.562. The van der Waals surface area contributed by atoms with E-state index in [-0.39, 0.29) is 11.9 Å². The molecule has 0 aromatic heterocycles. The molecule has 19 heavy (non-hydrogen) atoms. The number of carbonyl (C=O) groups is 1. The van der Waals surface area contributed by atoms with Crippen molar-refractivity contribution in [2.24, 2.45) is 0 Å².